The Labute approximate surface area is 127 Å². The van der Waals surface area contributed by atoms with E-state index >= 15 is 0 Å². The predicted octanol–water partition coefficient (Wildman–Crippen LogP) is 1.63. The van der Waals surface area contributed by atoms with Crippen LogP contribution < -0.4 is 9.44 Å². The molecule has 0 heterocycles. The van der Waals surface area contributed by atoms with Gasteiger partial charge in [0, 0.05) is 18.5 Å². The summed E-state index contributed by atoms with van der Waals surface area (Å²) in [5, 5.41) is 8.70. The average Bonchev–Trinajstić information content (AvgIpc) is 2.40. The highest BCUT2D eigenvalue weighted by molar-refractivity contribution is 7.90. The van der Waals surface area contributed by atoms with E-state index in [2.05, 4.69) is 21.3 Å². The molecule has 1 rings (SSSR count). The van der Waals surface area contributed by atoms with Crippen molar-refractivity contribution in [1.82, 2.24) is 4.72 Å². The topological polar surface area (TPSA) is 78.4 Å². The smallest absolute Gasteiger partial charge is 0.299 e. The van der Waals surface area contributed by atoms with Gasteiger partial charge in [0.2, 0.25) is 0 Å². The maximum absolute atomic E-state index is 11.9. The summed E-state index contributed by atoms with van der Waals surface area (Å²) < 4.78 is 28.9. The van der Waals surface area contributed by atoms with Gasteiger partial charge in [0.05, 0.1) is 12.3 Å². The number of anilines is 1. The molecule has 0 saturated heterocycles. The Morgan fingerprint density at radius 2 is 2.05 bits per heavy atom. The van der Waals surface area contributed by atoms with E-state index < -0.39 is 10.2 Å². The lowest BCUT2D eigenvalue weighted by Gasteiger charge is -2.13. The highest BCUT2D eigenvalue weighted by Crippen LogP contribution is 2.17. The molecule has 0 fully saturated rings. The van der Waals surface area contributed by atoms with E-state index in [0.29, 0.717) is 24.2 Å². The number of aliphatic hydroxyl groups is 1. The van der Waals surface area contributed by atoms with Crippen molar-refractivity contribution in [3.05, 3.63) is 29.3 Å². The lowest BCUT2D eigenvalue weighted by atomic mass is 10.1. The number of nitrogens with one attached hydrogen (secondary N) is 2. The molecule has 0 amide bonds. The third-order valence-electron chi connectivity index (χ3n) is 2.63. The van der Waals surface area contributed by atoms with Gasteiger partial charge in [-0.2, -0.15) is 13.1 Å². The number of benzene rings is 1. The van der Waals surface area contributed by atoms with E-state index in [1.807, 2.05) is 32.9 Å². The van der Waals surface area contributed by atoms with Crippen molar-refractivity contribution in [1.29, 1.82) is 0 Å². The molecule has 6 heteroatoms. The number of rotatable bonds is 6. The van der Waals surface area contributed by atoms with Crippen LogP contribution in [0.1, 0.15) is 31.4 Å². The van der Waals surface area contributed by atoms with Gasteiger partial charge in [-0.15, -0.1) is 0 Å². The van der Waals surface area contributed by atoms with Crippen molar-refractivity contribution >= 4 is 15.9 Å². The van der Waals surface area contributed by atoms with Gasteiger partial charge in [-0.05, 0) is 30.5 Å². The Morgan fingerprint density at radius 1 is 1.33 bits per heavy atom. The van der Waals surface area contributed by atoms with Crippen LogP contribution in [0.4, 0.5) is 5.69 Å². The van der Waals surface area contributed by atoms with E-state index in [4.69, 9.17) is 5.11 Å². The van der Waals surface area contributed by atoms with Crippen LogP contribution in [0.25, 0.3) is 0 Å². The highest BCUT2D eigenvalue weighted by Gasteiger charge is 2.11. The molecule has 0 atom stereocenters. The maximum Gasteiger partial charge on any atom is 0.299 e. The van der Waals surface area contributed by atoms with Gasteiger partial charge in [0.25, 0.3) is 10.2 Å². The van der Waals surface area contributed by atoms with E-state index in [9.17, 15) is 8.42 Å². The number of hydrogen-bond acceptors (Lipinski definition) is 3. The van der Waals surface area contributed by atoms with Crippen LogP contribution in [0.2, 0.25) is 0 Å². The third-order valence-corrected chi connectivity index (χ3v) is 3.67. The molecule has 0 bridgehead atoms. The summed E-state index contributed by atoms with van der Waals surface area (Å²) in [4.78, 5) is 0. The molecule has 5 nitrogen and oxygen atoms in total. The van der Waals surface area contributed by atoms with Crippen molar-refractivity contribution in [2.75, 3.05) is 17.9 Å². The zero-order chi connectivity index (χ0) is 15.9. The van der Waals surface area contributed by atoms with Gasteiger partial charge in [-0.1, -0.05) is 31.8 Å². The van der Waals surface area contributed by atoms with Crippen LogP contribution >= 0.6 is 0 Å². The fraction of sp³-hybridized carbons (Fsp3) is 0.467. The van der Waals surface area contributed by atoms with Gasteiger partial charge in [-0.3, -0.25) is 4.72 Å². The van der Waals surface area contributed by atoms with Crippen LogP contribution in [0.3, 0.4) is 0 Å². The highest BCUT2D eigenvalue weighted by atomic mass is 32.2. The van der Waals surface area contributed by atoms with Gasteiger partial charge in [-0.25, -0.2) is 0 Å². The molecule has 0 aliphatic rings. The van der Waals surface area contributed by atoms with Crippen molar-refractivity contribution in [3.8, 4) is 11.8 Å². The summed E-state index contributed by atoms with van der Waals surface area (Å²) in [6.07, 6.45) is 0.394. The molecule has 21 heavy (non-hydrogen) atoms. The van der Waals surface area contributed by atoms with Crippen molar-refractivity contribution in [2.24, 2.45) is 5.92 Å². The first-order chi connectivity index (χ1) is 9.84. The van der Waals surface area contributed by atoms with Crippen LogP contribution in [0.5, 0.6) is 0 Å². The normalized spacial score (nSPS) is 11.1. The summed E-state index contributed by atoms with van der Waals surface area (Å²) in [5.74, 6) is 5.93. The third kappa shape index (κ3) is 6.63. The van der Waals surface area contributed by atoms with Crippen LogP contribution in [-0.2, 0) is 10.2 Å². The Bertz CT molecular complexity index is 628. The molecule has 3 N–H and O–H groups in total. The zero-order valence-electron chi connectivity index (χ0n) is 12.6. The Kier molecular flexibility index (Phi) is 6.69. The second-order valence-electron chi connectivity index (χ2n) is 5.15. The minimum absolute atomic E-state index is 0.0114. The van der Waals surface area contributed by atoms with E-state index in [1.165, 1.54) is 0 Å². The van der Waals surface area contributed by atoms with Crippen molar-refractivity contribution < 1.29 is 13.5 Å². The SMILES string of the molecule is Cc1ccc(C#CCCO)cc1NS(=O)(=O)NCC(C)C. The van der Waals surface area contributed by atoms with Crippen LogP contribution in [-0.4, -0.2) is 26.7 Å². The Morgan fingerprint density at radius 3 is 2.67 bits per heavy atom. The first-order valence-corrected chi connectivity index (χ1v) is 8.30. The van der Waals surface area contributed by atoms with E-state index in [-0.39, 0.29) is 12.5 Å². The van der Waals surface area contributed by atoms with Gasteiger partial charge < -0.3 is 5.11 Å². The number of hydrogen-bond donors (Lipinski definition) is 3. The van der Waals surface area contributed by atoms with Gasteiger partial charge >= 0.3 is 0 Å². The Balaban J connectivity index is 2.88. The molecule has 0 aliphatic carbocycles. The molecule has 1 aromatic carbocycles. The second-order valence-corrected chi connectivity index (χ2v) is 6.65. The van der Waals surface area contributed by atoms with Gasteiger partial charge in [0.1, 0.15) is 0 Å². The number of aliphatic hydroxyl groups excluding tert-OH is 1. The predicted molar refractivity (Wildman–Crippen MR) is 85.1 cm³/mol. The van der Waals surface area contributed by atoms with E-state index in [1.54, 1.807) is 6.07 Å². The minimum Gasteiger partial charge on any atom is -0.395 e. The quantitative estimate of drug-likeness (QED) is 0.699. The molecule has 116 valence electrons. The Hall–Kier alpha value is -1.55. The molecule has 0 radical (unpaired) electrons. The lowest BCUT2D eigenvalue weighted by molar-refractivity contribution is 0.305. The molecule has 1 aromatic rings. The van der Waals surface area contributed by atoms with Crippen LogP contribution in [0, 0.1) is 24.7 Å². The molecular weight excluding hydrogens is 288 g/mol. The summed E-state index contributed by atoms with van der Waals surface area (Å²) in [6, 6.07) is 5.32. The largest absolute Gasteiger partial charge is 0.395 e. The monoisotopic (exact) mass is 310 g/mol. The minimum atomic E-state index is -3.58. The first-order valence-electron chi connectivity index (χ1n) is 6.82. The van der Waals surface area contributed by atoms with E-state index in [0.717, 1.165) is 5.56 Å². The summed E-state index contributed by atoms with van der Waals surface area (Å²) in [5.41, 5.74) is 2.02. The molecule has 0 aromatic heterocycles. The molecule has 0 saturated carbocycles. The fourth-order valence-electron chi connectivity index (χ4n) is 1.49. The van der Waals surface area contributed by atoms with Crippen LogP contribution in [0.15, 0.2) is 18.2 Å². The van der Waals surface area contributed by atoms with Gasteiger partial charge in [0.15, 0.2) is 0 Å². The second kappa shape index (κ2) is 8.03. The molecule has 0 aliphatic heterocycles. The lowest BCUT2D eigenvalue weighted by Crippen LogP contribution is -2.33. The molecule has 0 spiro atoms. The first kappa shape index (κ1) is 17.5. The van der Waals surface area contributed by atoms with Crippen molar-refractivity contribution in [3.63, 3.8) is 0 Å². The average molecular weight is 310 g/mol. The standard InChI is InChI=1S/C15H22N2O3S/c1-12(2)11-16-21(19,20)17-15-10-14(6-4-5-9-18)8-7-13(15)3/h7-8,10,12,16-18H,5,9,11H2,1-3H3. The zero-order valence-corrected chi connectivity index (χ0v) is 13.4. The molecular formula is C15H22N2O3S. The maximum atomic E-state index is 11.9. The summed E-state index contributed by atoms with van der Waals surface area (Å²) in [6.45, 7) is 6.09. The molecule has 0 unspecified atom stereocenters. The van der Waals surface area contributed by atoms with Crippen molar-refractivity contribution in [2.45, 2.75) is 27.2 Å². The summed E-state index contributed by atoms with van der Waals surface area (Å²) >= 11 is 0. The summed E-state index contributed by atoms with van der Waals surface area (Å²) in [7, 11) is -3.58. The number of aryl methyl sites for hydroxylation is 1. The fourth-order valence-corrected chi connectivity index (χ4v) is 2.62.